The number of nitrogens with one attached hydrogen (secondary N) is 1. The van der Waals surface area contributed by atoms with Gasteiger partial charge in [0.2, 0.25) is 5.91 Å². The number of carbonyl (C=O) groups is 1. The van der Waals surface area contributed by atoms with Crippen LogP contribution >= 0.6 is 0 Å². The van der Waals surface area contributed by atoms with E-state index in [2.05, 4.69) is 28.9 Å². The maximum absolute atomic E-state index is 13.2. The van der Waals surface area contributed by atoms with Crippen LogP contribution in [0.2, 0.25) is 0 Å². The lowest BCUT2D eigenvalue weighted by molar-refractivity contribution is -0.178. The molecule has 28 heavy (non-hydrogen) atoms. The van der Waals surface area contributed by atoms with E-state index < -0.39 is 5.60 Å². The highest BCUT2D eigenvalue weighted by Gasteiger charge is 2.54. The van der Waals surface area contributed by atoms with E-state index in [1.807, 2.05) is 18.2 Å². The Kier molecular flexibility index (Phi) is 4.16. The molecule has 0 radical (unpaired) electrons. The van der Waals surface area contributed by atoms with Gasteiger partial charge in [0.15, 0.2) is 0 Å². The SMILES string of the molecule is CCC1CC2(O)CC(C2)N1C(=O)CC(C)c1[nH]nc2cccc(OC3CC3)c12. The first-order valence-corrected chi connectivity index (χ1v) is 10.6. The largest absolute Gasteiger partial charge is 0.490 e. The normalized spacial score (nSPS) is 30.2. The van der Waals surface area contributed by atoms with Gasteiger partial charge in [-0.2, -0.15) is 5.10 Å². The van der Waals surface area contributed by atoms with Gasteiger partial charge >= 0.3 is 0 Å². The molecule has 150 valence electrons. The smallest absolute Gasteiger partial charge is 0.223 e. The van der Waals surface area contributed by atoms with Gasteiger partial charge < -0.3 is 14.7 Å². The Labute approximate surface area is 165 Å². The summed E-state index contributed by atoms with van der Waals surface area (Å²) in [6.45, 7) is 4.19. The molecule has 2 bridgehead atoms. The molecule has 1 aromatic carbocycles. The maximum Gasteiger partial charge on any atom is 0.223 e. The number of amides is 1. The van der Waals surface area contributed by atoms with E-state index >= 15 is 0 Å². The van der Waals surface area contributed by atoms with E-state index in [0.717, 1.165) is 54.5 Å². The lowest BCUT2D eigenvalue weighted by Crippen LogP contribution is -2.67. The van der Waals surface area contributed by atoms with E-state index in [1.165, 1.54) is 0 Å². The number of aliphatic hydroxyl groups is 1. The summed E-state index contributed by atoms with van der Waals surface area (Å²) >= 11 is 0. The zero-order chi connectivity index (χ0) is 19.5. The van der Waals surface area contributed by atoms with Crippen molar-refractivity contribution in [1.82, 2.24) is 15.1 Å². The first kappa shape index (κ1) is 18.0. The molecule has 1 aromatic heterocycles. The number of hydrogen-bond donors (Lipinski definition) is 2. The Balaban J connectivity index is 1.36. The van der Waals surface area contributed by atoms with E-state index in [4.69, 9.17) is 4.74 Å². The van der Waals surface area contributed by atoms with Crippen LogP contribution in [0.5, 0.6) is 5.75 Å². The van der Waals surface area contributed by atoms with Crippen LogP contribution < -0.4 is 4.74 Å². The van der Waals surface area contributed by atoms with Gasteiger partial charge in [-0.25, -0.2) is 0 Å². The van der Waals surface area contributed by atoms with Crippen molar-refractivity contribution >= 4 is 16.8 Å². The van der Waals surface area contributed by atoms with Gasteiger partial charge in [-0.15, -0.1) is 0 Å². The highest BCUT2D eigenvalue weighted by atomic mass is 16.5. The molecule has 2 aromatic rings. The summed E-state index contributed by atoms with van der Waals surface area (Å²) < 4.78 is 6.09. The molecule has 0 spiro atoms. The molecule has 2 N–H and O–H groups in total. The van der Waals surface area contributed by atoms with Crippen molar-refractivity contribution in [3.05, 3.63) is 23.9 Å². The molecule has 3 heterocycles. The van der Waals surface area contributed by atoms with Crippen LogP contribution in [-0.4, -0.2) is 49.9 Å². The van der Waals surface area contributed by atoms with E-state index in [-0.39, 0.29) is 23.9 Å². The summed E-state index contributed by atoms with van der Waals surface area (Å²) in [4.78, 5) is 15.3. The highest BCUT2D eigenvalue weighted by molar-refractivity contribution is 5.89. The molecule has 4 fully saturated rings. The van der Waals surface area contributed by atoms with E-state index in [1.54, 1.807) is 0 Å². The Morgan fingerprint density at radius 1 is 1.39 bits per heavy atom. The average Bonchev–Trinajstić information content (AvgIpc) is 3.35. The molecular weight excluding hydrogens is 354 g/mol. The second-order valence-corrected chi connectivity index (χ2v) is 9.06. The Bertz CT molecular complexity index is 898. The molecule has 2 aliphatic carbocycles. The number of ether oxygens (including phenoxy) is 1. The molecule has 2 saturated heterocycles. The number of rotatable bonds is 6. The minimum Gasteiger partial charge on any atom is -0.490 e. The average molecular weight is 383 g/mol. The van der Waals surface area contributed by atoms with Gasteiger partial charge in [-0.3, -0.25) is 9.89 Å². The van der Waals surface area contributed by atoms with Crippen molar-refractivity contribution in [3.63, 3.8) is 0 Å². The maximum atomic E-state index is 13.2. The van der Waals surface area contributed by atoms with Gasteiger partial charge in [-0.05, 0) is 50.7 Å². The molecule has 2 aliphatic heterocycles. The van der Waals surface area contributed by atoms with Crippen molar-refractivity contribution in [2.75, 3.05) is 0 Å². The van der Waals surface area contributed by atoms with Gasteiger partial charge in [0.25, 0.3) is 0 Å². The number of aromatic amines is 1. The fourth-order valence-electron chi connectivity index (χ4n) is 5.11. The van der Waals surface area contributed by atoms with Crippen LogP contribution in [-0.2, 0) is 4.79 Å². The second kappa shape index (κ2) is 6.48. The van der Waals surface area contributed by atoms with Crippen LogP contribution in [0.3, 0.4) is 0 Å². The number of H-pyrrole nitrogens is 1. The molecule has 2 unspecified atom stereocenters. The number of fused-ring (bicyclic) bond motifs is 3. The van der Waals surface area contributed by atoms with Gasteiger partial charge in [0.05, 0.1) is 28.3 Å². The molecule has 6 nitrogen and oxygen atoms in total. The predicted octanol–water partition coefficient (Wildman–Crippen LogP) is 3.50. The summed E-state index contributed by atoms with van der Waals surface area (Å²) in [6.07, 6.45) is 6.06. The molecular formula is C22H29N3O3. The van der Waals surface area contributed by atoms with Crippen molar-refractivity contribution < 1.29 is 14.6 Å². The number of piperidine rings is 2. The van der Waals surface area contributed by atoms with Crippen LogP contribution in [0.4, 0.5) is 0 Å². The molecule has 6 rings (SSSR count). The molecule has 1 amide bonds. The summed E-state index contributed by atoms with van der Waals surface area (Å²) in [5, 5.41) is 19.1. The Morgan fingerprint density at radius 3 is 2.89 bits per heavy atom. The van der Waals surface area contributed by atoms with Gasteiger partial charge in [0, 0.05) is 24.4 Å². The quantitative estimate of drug-likeness (QED) is 0.800. The highest BCUT2D eigenvalue weighted by Crippen LogP contribution is 2.47. The molecule has 2 saturated carbocycles. The topological polar surface area (TPSA) is 78.5 Å². The standard InChI is InChI=1S/C22H29N3O3/c1-3-14-10-22(27)11-15(12-22)25(14)19(26)9-13(2)21-20-17(23-24-21)5-4-6-18(20)28-16-7-8-16/h4-6,13-16,27H,3,7-12H2,1-2H3,(H,23,24). The predicted molar refractivity (Wildman–Crippen MR) is 106 cm³/mol. The lowest BCUT2D eigenvalue weighted by Gasteiger charge is -2.58. The minimum absolute atomic E-state index is 0.0276. The second-order valence-electron chi connectivity index (χ2n) is 9.06. The molecule has 6 heteroatoms. The number of carbonyl (C=O) groups excluding carboxylic acids is 1. The Morgan fingerprint density at radius 2 is 2.18 bits per heavy atom. The Hall–Kier alpha value is -2.08. The molecule has 2 atom stereocenters. The zero-order valence-electron chi connectivity index (χ0n) is 16.6. The number of benzene rings is 1. The number of hydrogen-bond acceptors (Lipinski definition) is 4. The zero-order valence-corrected chi connectivity index (χ0v) is 16.6. The van der Waals surface area contributed by atoms with Crippen LogP contribution in [0.25, 0.3) is 10.9 Å². The van der Waals surface area contributed by atoms with E-state index in [9.17, 15) is 9.90 Å². The third-order valence-corrected chi connectivity index (χ3v) is 6.75. The summed E-state index contributed by atoms with van der Waals surface area (Å²) in [5.41, 5.74) is 1.35. The lowest BCUT2D eigenvalue weighted by atomic mass is 9.66. The first-order valence-electron chi connectivity index (χ1n) is 10.6. The van der Waals surface area contributed by atoms with E-state index in [0.29, 0.717) is 18.9 Å². The van der Waals surface area contributed by atoms with Crippen molar-refractivity contribution in [2.24, 2.45) is 0 Å². The third kappa shape index (κ3) is 2.98. The summed E-state index contributed by atoms with van der Waals surface area (Å²) in [7, 11) is 0. The van der Waals surface area contributed by atoms with Crippen LogP contribution in [0.1, 0.15) is 70.4 Å². The van der Waals surface area contributed by atoms with Gasteiger partial charge in [0.1, 0.15) is 5.75 Å². The first-order chi connectivity index (χ1) is 13.5. The van der Waals surface area contributed by atoms with Crippen molar-refractivity contribution in [2.45, 2.75) is 88.5 Å². The number of nitrogens with zero attached hydrogens (tertiary/aromatic N) is 2. The van der Waals surface area contributed by atoms with Crippen LogP contribution in [0, 0.1) is 0 Å². The third-order valence-electron chi connectivity index (χ3n) is 6.75. The summed E-state index contributed by atoms with van der Waals surface area (Å²) in [6, 6.07) is 6.32. The van der Waals surface area contributed by atoms with Crippen molar-refractivity contribution in [1.29, 1.82) is 0 Å². The van der Waals surface area contributed by atoms with Crippen molar-refractivity contribution in [3.8, 4) is 5.75 Å². The minimum atomic E-state index is -0.525. The summed E-state index contributed by atoms with van der Waals surface area (Å²) in [5.74, 6) is 1.09. The number of aromatic nitrogens is 2. The fourth-order valence-corrected chi connectivity index (χ4v) is 5.11. The van der Waals surface area contributed by atoms with Crippen LogP contribution in [0.15, 0.2) is 18.2 Å². The monoisotopic (exact) mass is 383 g/mol. The molecule has 4 aliphatic rings. The fraction of sp³-hybridized carbons (Fsp3) is 0.636. The van der Waals surface area contributed by atoms with Gasteiger partial charge in [-0.1, -0.05) is 19.9 Å².